The van der Waals surface area contributed by atoms with Crippen molar-refractivity contribution in [2.45, 2.75) is 59.0 Å². The van der Waals surface area contributed by atoms with Crippen molar-refractivity contribution in [3.05, 3.63) is 23.3 Å². The van der Waals surface area contributed by atoms with Gasteiger partial charge in [-0.25, -0.2) is 9.97 Å². The fourth-order valence-corrected chi connectivity index (χ4v) is 3.00. The number of hydrogen-bond donors (Lipinski definition) is 0. The summed E-state index contributed by atoms with van der Waals surface area (Å²) < 4.78 is 5.68. The molecule has 0 bridgehead atoms. The van der Waals surface area contributed by atoms with Gasteiger partial charge < -0.3 is 4.74 Å². The Hall–Kier alpha value is -1.29. The van der Waals surface area contributed by atoms with Gasteiger partial charge in [0.1, 0.15) is 5.60 Å². The zero-order valence-electron chi connectivity index (χ0n) is 13.1. The molecule has 1 aromatic heterocycles. The van der Waals surface area contributed by atoms with Crippen LogP contribution in [0.3, 0.4) is 0 Å². The third kappa shape index (κ3) is 2.49. The summed E-state index contributed by atoms with van der Waals surface area (Å²) in [6, 6.07) is 0. The first kappa shape index (κ1) is 15.1. The van der Waals surface area contributed by atoms with Crippen molar-refractivity contribution in [2.75, 3.05) is 7.11 Å². The number of fused-ring (bicyclic) bond motifs is 1. The van der Waals surface area contributed by atoms with Crippen molar-refractivity contribution in [1.29, 1.82) is 0 Å². The highest BCUT2D eigenvalue weighted by molar-refractivity contribution is 5.98. The molecule has 0 aromatic carbocycles. The molecule has 0 radical (unpaired) electrons. The van der Waals surface area contributed by atoms with Gasteiger partial charge in [0.2, 0.25) is 0 Å². The van der Waals surface area contributed by atoms with E-state index in [0.717, 1.165) is 25.0 Å². The van der Waals surface area contributed by atoms with Crippen molar-refractivity contribution in [1.82, 2.24) is 9.97 Å². The standard InChI is InChI=1S/C16H24N2O2/c1-6-16(7-2,20-5)14-17-10-11-12(18-14)8-15(3,4)9-13(11)19/h10H,6-9H2,1-5H3. The third-order valence-corrected chi connectivity index (χ3v) is 4.39. The Morgan fingerprint density at radius 3 is 2.50 bits per heavy atom. The predicted molar refractivity (Wildman–Crippen MR) is 77.7 cm³/mol. The van der Waals surface area contributed by atoms with Gasteiger partial charge in [-0.15, -0.1) is 0 Å². The molecule has 0 N–H and O–H groups in total. The van der Waals surface area contributed by atoms with Crippen molar-refractivity contribution >= 4 is 5.78 Å². The minimum Gasteiger partial charge on any atom is -0.370 e. The maximum absolute atomic E-state index is 12.2. The molecule has 0 amide bonds. The van der Waals surface area contributed by atoms with Gasteiger partial charge in [-0.05, 0) is 24.7 Å². The summed E-state index contributed by atoms with van der Waals surface area (Å²) in [6.07, 6.45) is 4.71. The van der Waals surface area contributed by atoms with Gasteiger partial charge in [0.25, 0.3) is 0 Å². The Labute approximate surface area is 121 Å². The molecule has 0 fully saturated rings. The van der Waals surface area contributed by atoms with Crippen LogP contribution in [0.15, 0.2) is 6.20 Å². The average Bonchev–Trinajstić information content (AvgIpc) is 2.39. The molecule has 20 heavy (non-hydrogen) atoms. The molecule has 1 aliphatic rings. The van der Waals surface area contributed by atoms with Crippen LogP contribution in [0, 0.1) is 5.41 Å². The lowest BCUT2D eigenvalue weighted by atomic mass is 9.76. The lowest BCUT2D eigenvalue weighted by Gasteiger charge is -2.32. The van der Waals surface area contributed by atoms with Gasteiger partial charge in [-0.2, -0.15) is 0 Å². The molecule has 1 aromatic rings. The van der Waals surface area contributed by atoms with E-state index >= 15 is 0 Å². The summed E-state index contributed by atoms with van der Waals surface area (Å²) in [7, 11) is 1.70. The molecule has 0 saturated carbocycles. The van der Waals surface area contributed by atoms with Crippen LogP contribution in [0.5, 0.6) is 0 Å². The van der Waals surface area contributed by atoms with E-state index in [9.17, 15) is 4.79 Å². The number of carbonyl (C=O) groups excluding carboxylic acids is 1. The second-order valence-corrected chi connectivity index (χ2v) is 6.40. The first-order chi connectivity index (χ1) is 9.37. The molecule has 0 aliphatic heterocycles. The fraction of sp³-hybridized carbons (Fsp3) is 0.688. The normalized spacial score (nSPS) is 17.9. The Bertz CT molecular complexity index is 511. The monoisotopic (exact) mass is 276 g/mol. The molecular weight excluding hydrogens is 252 g/mol. The third-order valence-electron chi connectivity index (χ3n) is 4.39. The highest BCUT2D eigenvalue weighted by Gasteiger charge is 2.36. The Kier molecular flexibility index (Phi) is 3.96. The zero-order chi connectivity index (χ0) is 15.0. The van der Waals surface area contributed by atoms with Crippen LogP contribution in [0.2, 0.25) is 0 Å². The van der Waals surface area contributed by atoms with Crippen LogP contribution < -0.4 is 0 Å². The van der Waals surface area contributed by atoms with E-state index in [1.54, 1.807) is 13.3 Å². The number of aromatic nitrogens is 2. The summed E-state index contributed by atoms with van der Waals surface area (Å²) in [5.41, 5.74) is 1.09. The number of carbonyl (C=O) groups is 1. The molecule has 2 rings (SSSR count). The lowest BCUT2D eigenvalue weighted by Crippen LogP contribution is -2.33. The lowest BCUT2D eigenvalue weighted by molar-refractivity contribution is -0.0294. The highest BCUT2D eigenvalue weighted by atomic mass is 16.5. The van der Waals surface area contributed by atoms with Crippen LogP contribution >= 0.6 is 0 Å². The molecule has 4 nitrogen and oxygen atoms in total. The smallest absolute Gasteiger partial charge is 0.166 e. The van der Waals surface area contributed by atoms with Crippen molar-refractivity contribution in [3.8, 4) is 0 Å². The second kappa shape index (κ2) is 5.24. The molecule has 0 atom stereocenters. The second-order valence-electron chi connectivity index (χ2n) is 6.40. The van der Waals surface area contributed by atoms with E-state index in [1.165, 1.54) is 0 Å². The summed E-state index contributed by atoms with van der Waals surface area (Å²) in [4.78, 5) is 21.3. The van der Waals surface area contributed by atoms with Gasteiger partial charge in [-0.1, -0.05) is 27.7 Å². The first-order valence-corrected chi connectivity index (χ1v) is 7.32. The number of ether oxygens (including phenoxy) is 1. The summed E-state index contributed by atoms with van der Waals surface area (Å²) in [5, 5.41) is 0. The van der Waals surface area contributed by atoms with Gasteiger partial charge >= 0.3 is 0 Å². The van der Waals surface area contributed by atoms with E-state index in [1.807, 2.05) is 0 Å². The van der Waals surface area contributed by atoms with E-state index in [0.29, 0.717) is 17.8 Å². The van der Waals surface area contributed by atoms with Crippen LogP contribution in [0.25, 0.3) is 0 Å². The van der Waals surface area contributed by atoms with Gasteiger partial charge in [0.05, 0.1) is 11.3 Å². The number of nitrogens with zero attached hydrogens (tertiary/aromatic N) is 2. The molecule has 4 heteroatoms. The summed E-state index contributed by atoms with van der Waals surface area (Å²) in [5.74, 6) is 0.855. The van der Waals surface area contributed by atoms with Gasteiger partial charge in [-0.3, -0.25) is 4.79 Å². The van der Waals surface area contributed by atoms with E-state index < -0.39 is 5.60 Å². The van der Waals surface area contributed by atoms with Crippen LogP contribution in [0.1, 0.15) is 68.8 Å². The topological polar surface area (TPSA) is 52.1 Å². The van der Waals surface area contributed by atoms with Crippen molar-refractivity contribution in [3.63, 3.8) is 0 Å². The quantitative estimate of drug-likeness (QED) is 0.846. The van der Waals surface area contributed by atoms with Crippen LogP contribution in [-0.2, 0) is 16.8 Å². The van der Waals surface area contributed by atoms with E-state index in [2.05, 4.69) is 37.7 Å². The SMILES string of the molecule is CCC(CC)(OC)c1ncc2c(n1)CC(C)(C)CC2=O. The highest BCUT2D eigenvalue weighted by Crippen LogP contribution is 2.36. The molecule has 110 valence electrons. The Morgan fingerprint density at radius 2 is 1.95 bits per heavy atom. The van der Waals surface area contributed by atoms with Crippen molar-refractivity contribution < 1.29 is 9.53 Å². The van der Waals surface area contributed by atoms with E-state index in [4.69, 9.17) is 4.74 Å². The van der Waals surface area contributed by atoms with Crippen LogP contribution in [-0.4, -0.2) is 22.9 Å². The van der Waals surface area contributed by atoms with E-state index in [-0.39, 0.29) is 11.2 Å². The van der Waals surface area contributed by atoms with Crippen LogP contribution in [0.4, 0.5) is 0 Å². The van der Waals surface area contributed by atoms with Gasteiger partial charge in [0, 0.05) is 19.7 Å². The molecule has 1 heterocycles. The Morgan fingerprint density at radius 1 is 1.30 bits per heavy atom. The maximum atomic E-state index is 12.2. The summed E-state index contributed by atoms with van der Waals surface area (Å²) >= 11 is 0. The first-order valence-electron chi connectivity index (χ1n) is 7.32. The summed E-state index contributed by atoms with van der Waals surface area (Å²) in [6.45, 7) is 8.37. The number of hydrogen-bond acceptors (Lipinski definition) is 4. The fourth-order valence-electron chi connectivity index (χ4n) is 3.00. The number of Topliss-reactive ketones (excluding diaryl/α,β-unsaturated/α-hetero) is 1. The number of methoxy groups -OCH3 is 1. The molecular formula is C16H24N2O2. The minimum absolute atomic E-state index is 0.0239. The number of ketones is 1. The molecule has 0 unspecified atom stereocenters. The maximum Gasteiger partial charge on any atom is 0.166 e. The molecule has 0 saturated heterocycles. The van der Waals surface area contributed by atoms with Gasteiger partial charge in [0.15, 0.2) is 11.6 Å². The zero-order valence-corrected chi connectivity index (χ0v) is 13.1. The predicted octanol–water partition coefficient (Wildman–Crippen LogP) is 3.29. The average molecular weight is 276 g/mol. The van der Waals surface area contributed by atoms with Crippen molar-refractivity contribution in [2.24, 2.45) is 5.41 Å². The Balaban J connectivity index is 2.49. The number of rotatable bonds is 4. The minimum atomic E-state index is -0.445. The largest absolute Gasteiger partial charge is 0.370 e. The molecule has 0 spiro atoms. The molecule has 1 aliphatic carbocycles.